The molecule has 0 bridgehead atoms. The van der Waals surface area contributed by atoms with Gasteiger partial charge in [0.15, 0.2) is 0 Å². The maximum Gasteiger partial charge on any atom is 0.310 e. The van der Waals surface area contributed by atoms with Gasteiger partial charge in [-0.05, 0) is 43.5 Å². The number of hydrogen-bond acceptors (Lipinski definition) is 2. The monoisotopic (exact) mass is 279 g/mol. The van der Waals surface area contributed by atoms with E-state index in [4.69, 9.17) is 0 Å². The maximum atomic E-state index is 12.9. The van der Waals surface area contributed by atoms with E-state index >= 15 is 0 Å². The molecule has 0 aliphatic carbocycles. The van der Waals surface area contributed by atoms with Crippen molar-refractivity contribution in [3.63, 3.8) is 0 Å². The van der Waals surface area contributed by atoms with Gasteiger partial charge in [-0.3, -0.25) is 9.69 Å². The number of carboxylic acid groups (broad SMARTS) is 1. The van der Waals surface area contributed by atoms with E-state index in [-0.39, 0.29) is 5.82 Å². The fraction of sp³-hybridized carbons (Fsp3) is 0.562. The molecule has 1 aliphatic rings. The third-order valence-corrected chi connectivity index (χ3v) is 4.16. The van der Waals surface area contributed by atoms with E-state index < -0.39 is 11.4 Å². The molecule has 110 valence electrons. The van der Waals surface area contributed by atoms with Crippen molar-refractivity contribution in [3.8, 4) is 0 Å². The second-order valence-corrected chi connectivity index (χ2v) is 5.78. The molecule has 1 fully saturated rings. The number of aliphatic carboxylic acids is 1. The van der Waals surface area contributed by atoms with Gasteiger partial charge in [-0.1, -0.05) is 25.5 Å². The Morgan fingerprint density at radius 2 is 2.10 bits per heavy atom. The molecule has 1 aliphatic heterocycles. The molecule has 4 heteroatoms. The fourth-order valence-electron chi connectivity index (χ4n) is 3.17. The molecule has 3 nitrogen and oxygen atoms in total. The number of carboxylic acids is 1. The van der Waals surface area contributed by atoms with E-state index in [1.807, 2.05) is 6.92 Å². The van der Waals surface area contributed by atoms with Gasteiger partial charge in [0.2, 0.25) is 0 Å². The second-order valence-electron chi connectivity index (χ2n) is 5.78. The Hall–Kier alpha value is -1.42. The summed E-state index contributed by atoms with van der Waals surface area (Å²) in [7, 11) is 0. The van der Waals surface area contributed by atoms with E-state index in [0.717, 1.165) is 37.8 Å². The minimum atomic E-state index is -0.678. The lowest BCUT2D eigenvalue weighted by atomic mass is 9.76. The second kappa shape index (κ2) is 6.35. The highest BCUT2D eigenvalue weighted by molar-refractivity contribution is 5.75. The highest BCUT2D eigenvalue weighted by Crippen LogP contribution is 2.35. The first-order valence-corrected chi connectivity index (χ1v) is 7.26. The van der Waals surface area contributed by atoms with Crippen LogP contribution in [0.15, 0.2) is 24.3 Å². The molecule has 20 heavy (non-hydrogen) atoms. The molecule has 1 saturated heterocycles. The highest BCUT2D eigenvalue weighted by Gasteiger charge is 2.41. The number of halogens is 1. The Morgan fingerprint density at radius 3 is 2.70 bits per heavy atom. The van der Waals surface area contributed by atoms with Crippen molar-refractivity contribution in [1.82, 2.24) is 4.90 Å². The normalized spacial score (nSPS) is 23.7. The molecular weight excluding hydrogens is 257 g/mol. The van der Waals surface area contributed by atoms with E-state index in [1.54, 1.807) is 12.1 Å². The van der Waals surface area contributed by atoms with Gasteiger partial charge < -0.3 is 5.11 Å². The molecule has 0 saturated carbocycles. The van der Waals surface area contributed by atoms with Crippen molar-refractivity contribution in [3.05, 3.63) is 35.6 Å². The average molecular weight is 279 g/mol. The van der Waals surface area contributed by atoms with E-state index in [1.165, 1.54) is 12.1 Å². The number of piperidine rings is 1. The van der Waals surface area contributed by atoms with Crippen LogP contribution in [0.3, 0.4) is 0 Å². The first-order chi connectivity index (χ1) is 9.55. The van der Waals surface area contributed by atoms with Crippen LogP contribution in [0.4, 0.5) is 4.39 Å². The number of carbonyl (C=O) groups is 1. The van der Waals surface area contributed by atoms with Gasteiger partial charge in [0.05, 0.1) is 5.41 Å². The standard InChI is InChI=1S/C16H22FNO2/c1-2-8-16(15(19)20)9-3-10-18(12-16)11-13-4-6-14(17)7-5-13/h4-7H,2-3,8-12H2,1H3,(H,19,20). The third-order valence-electron chi connectivity index (χ3n) is 4.16. The topological polar surface area (TPSA) is 40.5 Å². The number of rotatable bonds is 5. The molecule has 0 amide bonds. The zero-order valence-electron chi connectivity index (χ0n) is 11.9. The van der Waals surface area contributed by atoms with Gasteiger partial charge in [0, 0.05) is 13.1 Å². The molecule has 0 radical (unpaired) electrons. The average Bonchev–Trinajstić information content (AvgIpc) is 2.42. The van der Waals surface area contributed by atoms with Crippen LogP contribution in [0.5, 0.6) is 0 Å². The molecular formula is C16H22FNO2. The van der Waals surface area contributed by atoms with Gasteiger partial charge in [-0.15, -0.1) is 0 Å². The lowest BCUT2D eigenvalue weighted by Gasteiger charge is -2.40. The summed E-state index contributed by atoms with van der Waals surface area (Å²) >= 11 is 0. The lowest BCUT2D eigenvalue weighted by molar-refractivity contribution is -0.153. The van der Waals surface area contributed by atoms with Crippen LogP contribution in [0, 0.1) is 11.2 Å². The number of benzene rings is 1. The summed E-state index contributed by atoms with van der Waals surface area (Å²) in [5, 5.41) is 9.56. The van der Waals surface area contributed by atoms with Crippen LogP contribution < -0.4 is 0 Å². The molecule has 1 aromatic carbocycles. The van der Waals surface area contributed by atoms with E-state index in [9.17, 15) is 14.3 Å². The van der Waals surface area contributed by atoms with Crippen molar-refractivity contribution in [2.45, 2.75) is 39.2 Å². The van der Waals surface area contributed by atoms with Gasteiger partial charge in [-0.25, -0.2) is 4.39 Å². The Morgan fingerprint density at radius 1 is 1.40 bits per heavy atom. The maximum absolute atomic E-state index is 12.9. The van der Waals surface area contributed by atoms with Gasteiger partial charge in [0.1, 0.15) is 5.82 Å². The van der Waals surface area contributed by atoms with Crippen LogP contribution >= 0.6 is 0 Å². The first kappa shape index (κ1) is 15.0. The van der Waals surface area contributed by atoms with Gasteiger partial charge in [0.25, 0.3) is 0 Å². The SMILES string of the molecule is CCCC1(C(=O)O)CCCN(Cc2ccc(F)cc2)C1. The molecule has 1 aromatic rings. The van der Waals surface area contributed by atoms with Crippen LogP contribution in [0.1, 0.15) is 38.2 Å². The molecule has 0 aromatic heterocycles. The van der Waals surface area contributed by atoms with Crippen LogP contribution in [0.2, 0.25) is 0 Å². The summed E-state index contributed by atoms with van der Waals surface area (Å²) in [5.41, 5.74) is 0.427. The van der Waals surface area contributed by atoms with E-state index in [2.05, 4.69) is 4.90 Å². The van der Waals surface area contributed by atoms with Crippen LogP contribution in [-0.2, 0) is 11.3 Å². The van der Waals surface area contributed by atoms with Crippen molar-refractivity contribution in [2.75, 3.05) is 13.1 Å². The Bertz CT molecular complexity index is 456. The Balaban J connectivity index is 2.05. The lowest BCUT2D eigenvalue weighted by Crippen LogP contribution is -2.47. The van der Waals surface area contributed by atoms with Crippen molar-refractivity contribution >= 4 is 5.97 Å². The summed E-state index contributed by atoms with van der Waals surface area (Å²) in [4.78, 5) is 13.8. The number of likely N-dealkylation sites (tertiary alicyclic amines) is 1. The number of hydrogen-bond donors (Lipinski definition) is 1. The van der Waals surface area contributed by atoms with Crippen molar-refractivity contribution in [2.24, 2.45) is 5.41 Å². The van der Waals surface area contributed by atoms with Crippen LogP contribution in [0.25, 0.3) is 0 Å². The van der Waals surface area contributed by atoms with Crippen LogP contribution in [-0.4, -0.2) is 29.1 Å². The largest absolute Gasteiger partial charge is 0.481 e. The fourth-order valence-corrected chi connectivity index (χ4v) is 3.17. The summed E-state index contributed by atoms with van der Waals surface area (Å²) < 4.78 is 12.9. The molecule has 0 spiro atoms. The Labute approximate surface area is 119 Å². The van der Waals surface area contributed by atoms with E-state index in [0.29, 0.717) is 13.1 Å². The summed E-state index contributed by atoms with van der Waals surface area (Å²) in [6.07, 6.45) is 3.28. The minimum Gasteiger partial charge on any atom is -0.481 e. The summed E-state index contributed by atoms with van der Waals surface area (Å²) in [6.45, 7) is 4.23. The summed E-state index contributed by atoms with van der Waals surface area (Å²) in [6, 6.07) is 6.45. The highest BCUT2D eigenvalue weighted by atomic mass is 19.1. The van der Waals surface area contributed by atoms with Crippen molar-refractivity contribution < 1.29 is 14.3 Å². The minimum absolute atomic E-state index is 0.238. The molecule has 1 N–H and O–H groups in total. The molecule has 1 unspecified atom stereocenters. The summed E-state index contributed by atoms with van der Waals surface area (Å²) in [5.74, 6) is -0.915. The third kappa shape index (κ3) is 3.37. The Kier molecular flexibility index (Phi) is 4.76. The zero-order chi connectivity index (χ0) is 14.6. The molecule has 1 heterocycles. The number of nitrogens with zero attached hydrogens (tertiary/aromatic N) is 1. The smallest absolute Gasteiger partial charge is 0.310 e. The van der Waals surface area contributed by atoms with Gasteiger partial charge >= 0.3 is 5.97 Å². The predicted molar refractivity (Wildman–Crippen MR) is 75.9 cm³/mol. The van der Waals surface area contributed by atoms with Crippen molar-refractivity contribution in [1.29, 1.82) is 0 Å². The first-order valence-electron chi connectivity index (χ1n) is 7.26. The molecule has 1 atom stereocenters. The predicted octanol–water partition coefficient (Wildman–Crippen LogP) is 3.29. The molecule has 2 rings (SSSR count). The zero-order valence-corrected chi connectivity index (χ0v) is 11.9. The van der Waals surface area contributed by atoms with Gasteiger partial charge in [-0.2, -0.15) is 0 Å². The quantitative estimate of drug-likeness (QED) is 0.899.